The first-order valence-electron chi connectivity index (χ1n) is 20.2. The van der Waals surface area contributed by atoms with Gasteiger partial charge in [-0.2, -0.15) is 0 Å². The van der Waals surface area contributed by atoms with Crippen molar-refractivity contribution >= 4 is 82.4 Å². The molecular formula is C56H36N2O. The topological polar surface area (TPSA) is 21.3 Å². The van der Waals surface area contributed by atoms with Crippen molar-refractivity contribution in [3.05, 3.63) is 218 Å². The summed E-state index contributed by atoms with van der Waals surface area (Å²) in [6.07, 6.45) is 0. The molecule has 12 aromatic rings. The van der Waals surface area contributed by atoms with Crippen molar-refractivity contribution < 1.29 is 4.42 Å². The van der Waals surface area contributed by atoms with Crippen LogP contribution in [-0.4, -0.2) is 4.57 Å². The molecule has 0 N–H and O–H groups in total. The summed E-state index contributed by atoms with van der Waals surface area (Å²) in [5.74, 6) is 0. The molecule has 0 atom stereocenters. The summed E-state index contributed by atoms with van der Waals surface area (Å²) in [6, 6.07) is 78.5. The van der Waals surface area contributed by atoms with Gasteiger partial charge in [-0.05, 0) is 105 Å². The Balaban J connectivity index is 0.994. The summed E-state index contributed by atoms with van der Waals surface area (Å²) in [6.45, 7) is 0. The van der Waals surface area contributed by atoms with Gasteiger partial charge in [-0.25, -0.2) is 0 Å². The summed E-state index contributed by atoms with van der Waals surface area (Å²) in [5, 5.41) is 9.73. The molecule has 2 aromatic heterocycles. The first-order chi connectivity index (χ1) is 29.3. The fraction of sp³-hybridized carbons (Fsp3) is 0. The van der Waals surface area contributed by atoms with Crippen LogP contribution in [0.25, 0.3) is 93.2 Å². The van der Waals surface area contributed by atoms with Crippen molar-refractivity contribution in [3.8, 4) is 27.9 Å². The van der Waals surface area contributed by atoms with Gasteiger partial charge in [0, 0.05) is 38.8 Å². The van der Waals surface area contributed by atoms with E-state index in [1.807, 2.05) is 6.07 Å². The second-order valence-corrected chi connectivity index (χ2v) is 15.3. The highest BCUT2D eigenvalue weighted by atomic mass is 16.3. The van der Waals surface area contributed by atoms with E-state index in [0.717, 1.165) is 55.8 Å². The van der Waals surface area contributed by atoms with Crippen LogP contribution in [0, 0.1) is 0 Å². The molecule has 12 rings (SSSR count). The molecule has 3 nitrogen and oxygen atoms in total. The Hall–Kier alpha value is -7.88. The van der Waals surface area contributed by atoms with Crippen molar-refractivity contribution in [2.45, 2.75) is 0 Å². The number of para-hydroxylation sites is 4. The zero-order valence-electron chi connectivity index (χ0n) is 32.1. The van der Waals surface area contributed by atoms with E-state index in [-0.39, 0.29) is 0 Å². The first-order valence-corrected chi connectivity index (χ1v) is 20.2. The number of anilines is 3. The zero-order valence-corrected chi connectivity index (χ0v) is 32.1. The van der Waals surface area contributed by atoms with Gasteiger partial charge in [-0.15, -0.1) is 0 Å². The Morgan fingerprint density at radius 2 is 0.949 bits per heavy atom. The molecule has 0 aliphatic heterocycles. The van der Waals surface area contributed by atoms with Crippen molar-refractivity contribution in [2.24, 2.45) is 0 Å². The van der Waals surface area contributed by atoms with Gasteiger partial charge in [0.05, 0.1) is 22.1 Å². The molecule has 0 fully saturated rings. The largest absolute Gasteiger partial charge is 0.455 e. The SMILES string of the molecule is c1ccc(N(c2ccc(-c3cccc4c3ccc3ccccc34)cc2)c2ccc(-c3ccc(-n4c5ccccc5c5ccccc54)cc3)c3oc4ccccc4c23)cc1. The molecule has 10 aromatic carbocycles. The molecule has 0 radical (unpaired) electrons. The van der Waals surface area contributed by atoms with E-state index in [2.05, 4.69) is 222 Å². The molecule has 0 bridgehead atoms. The number of hydrogen-bond donors (Lipinski definition) is 0. The minimum atomic E-state index is 0.866. The predicted octanol–water partition coefficient (Wildman–Crippen LogP) is 15.8. The van der Waals surface area contributed by atoms with Gasteiger partial charge in [0.15, 0.2) is 0 Å². The van der Waals surface area contributed by atoms with Gasteiger partial charge in [0.2, 0.25) is 0 Å². The van der Waals surface area contributed by atoms with Crippen molar-refractivity contribution in [3.63, 3.8) is 0 Å². The van der Waals surface area contributed by atoms with Crippen LogP contribution in [-0.2, 0) is 0 Å². The molecule has 0 amide bonds. The molecule has 3 heteroatoms. The molecule has 0 aliphatic rings. The van der Waals surface area contributed by atoms with Gasteiger partial charge < -0.3 is 13.9 Å². The molecule has 0 aliphatic carbocycles. The van der Waals surface area contributed by atoms with Crippen LogP contribution in [0.5, 0.6) is 0 Å². The van der Waals surface area contributed by atoms with Crippen LogP contribution in [0.2, 0.25) is 0 Å². The van der Waals surface area contributed by atoms with Crippen molar-refractivity contribution in [1.29, 1.82) is 0 Å². The molecular weight excluding hydrogens is 717 g/mol. The Labute approximate surface area is 341 Å². The fourth-order valence-corrected chi connectivity index (χ4v) is 9.30. The van der Waals surface area contributed by atoms with Crippen LogP contribution in [0.15, 0.2) is 223 Å². The Morgan fingerprint density at radius 3 is 1.71 bits per heavy atom. The first kappa shape index (κ1) is 33.3. The maximum atomic E-state index is 6.83. The third-order valence-electron chi connectivity index (χ3n) is 12.0. The van der Waals surface area contributed by atoms with Crippen molar-refractivity contribution in [2.75, 3.05) is 4.90 Å². The summed E-state index contributed by atoms with van der Waals surface area (Å²) >= 11 is 0. The Bertz CT molecular complexity index is 3490. The lowest BCUT2D eigenvalue weighted by Crippen LogP contribution is -2.10. The lowest BCUT2D eigenvalue weighted by atomic mass is 9.94. The van der Waals surface area contributed by atoms with Crippen LogP contribution in [0.4, 0.5) is 17.1 Å². The number of nitrogens with zero attached hydrogens (tertiary/aromatic N) is 2. The lowest BCUT2D eigenvalue weighted by molar-refractivity contribution is 0.670. The average Bonchev–Trinajstić information content (AvgIpc) is 3.86. The summed E-state index contributed by atoms with van der Waals surface area (Å²) < 4.78 is 9.20. The maximum Gasteiger partial charge on any atom is 0.145 e. The number of furan rings is 1. The minimum Gasteiger partial charge on any atom is -0.455 e. The second-order valence-electron chi connectivity index (χ2n) is 15.3. The number of benzene rings is 10. The minimum absolute atomic E-state index is 0.866. The van der Waals surface area contributed by atoms with Gasteiger partial charge in [-0.3, -0.25) is 0 Å². The third kappa shape index (κ3) is 5.29. The summed E-state index contributed by atoms with van der Waals surface area (Å²) in [4.78, 5) is 2.36. The van der Waals surface area contributed by atoms with E-state index in [0.29, 0.717) is 0 Å². The number of hydrogen-bond acceptors (Lipinski definition) is 2. The van der Waals surface area contributed by atoms with Crippen LogP contribution >= 0.6 is 0 Å². The Morgan fingerprint density at radius 1 is 0.356 bits per heavy atom. The third-order valence-corrected chi connectivity index (χ3v) is 12.0. The fourth-order valence-electron chi connectivity index (χ4n) is 9.30. The standard InChI is InChI=1S/C56H36N2O/c1-2-14-40(15-3-1)57(41-30-25-38(26-31-41)44-20-12-21-46-43-16-5-4-13-37(43)29-34-47(44)46)53-36-35-45(56-55(53)50-19-8-11-24-54(50)59-56)39-27-32-42(33-28-39)58-51-22-9-6-17-48(51)49-18-7-10-23-52(49)58/h1-36H. The summed E-state index contributed by atoms with van der Waals surface area (Å²) in [7, 11) is 0. The van der Waals surface area contributed by atoms with E-state index >= 15 is 0 Å². The number of aromatic nitrogens is 1. The van der Waals surface area contributed by atoms with Crippen LogP contribution in [0.1, 0.15) is 0 Å². The van der Waals surface area contributed by atoms with E-state index in [1.54, 1.807) is 0 Å². The molecule has 59 heavy (non-hydrogen) atoms. The van der Waals surface area contributed by atoms with Gasteiger partial charge in [0.25, 0.3) is 0 Å². The number of fused-ring (bicyclic) bond motifs is 9. The Kier molecular flexibility index (Phi) is 7.54. The van der Waals surface area contributed by atoms with Gasteiger partial charge in [-0.1, -0.05) is 152 Å². The highest BCUT2D eigenvalue weighted by Crippen LogP contribution is 2.47. The molecule has 276 valence electrons. The molecule has 0 spiro atoms. The van der Waals surface area contributed by atoms with Crippen LogP contribution in [0.3, 0.4) is 0 Å². The predicted molar refractivity (Wildman–Crippen MR) is 249 cm³/mol. The quantitative estimate of drug-likeness (QED) is 0.158. The summed E-state index contributed by atoms with van der Waals surface area (Å²) in [5.41, 5.74) is 13.0. The zero-order chi connectivity index (χ0) is 38.9. The highest BCUT2D eigenvalue weighted by molar-refractivity contribution is 6.17. The molecule has 0 saturated carbocycles. The van der Waals surface area contributed by atoms with Gasteiger partial charge >= 0.3 is 0 Å². The van der Waals surface area contributed by atoms with Gasteiger partial charge in [0.1, 0.15) is 11.2 Å². The smallest absolute Gasteiger partial charge is 0.145 e. The highest BCUT2D eigenvalue weighted by Gasteiger charge is 2.22. The van der Waals surface area contributed by atoms with E-state index in [1.165, 1.54) is 54.5 Å². The maximum absolute atomic E-state index is 6.83. The normalized spacial score (nSPS) is 11.7. The van der Waals surface area contributed by atoms with E-state index < -0.39 is 0 Å². The molecule has 0 unspecified atom stereocenters. The lowest BCUT2D eigenvalue weighted by Gasteiger charge is -2.27. The van der Waals surface area contributed by atoms with Crippen LogP contribution < -0.4 is 4.90 Å². The number of rotatable bonds is 6. The average molecular weight is 753 g/mol. The van der Waals surface area contributed by atoms with E-state index in [9.17, 15) is 0 Å². The monoisotopic (exact) mass is 752 g/mol. The second kappa shape index (κ2) is 13.4. The van der Waals surface area contributed by atoms with Crippen molar-refractivity contribution in [1.82, 2.24) is 4.57 Å². The molecule has 2 heterocycles. The molecule has 0 saturated heterocycles. The van der Waals surface area contributed by atoms with E-state index in [4.69, 9.17) is 4.42 Å².